The fourth-order valence-electron chi connectivity index (χ4n) is 3.12. The second-order valence-electron chi connectivity index (χ2n) is 7.89. The van der Waals surface area contributed by atoms with Crippen molar-refractivity contribution in [2.75, 3.05) is 0 Å². The molecule has 31 heavy (non-hydrogen) atoms. The first-order valence-corrected chi connectivity index (χ1v) is 13.4. The number of hydrogen-bond acceptors (Lipinski definition) is 4. The maximum atomic E-state index is 10.0. The van der Waals surface area contributed by atoms with Gasteiger partial charge in [0.05, 0.1) is 17.9 Å². The van der Waals surface area contributed by atoms with E-state index in [1.807, 2.05) is 38.1 Å². The Labute approximate surface area is 218 Å². The number of halogens is 4. The van der Waals surface area contributed by atoms with E-state index in [-0.39, 0.29) is 5.41 Å². The lowest BCUT2D eigenvalue weighted by Gasteiger charge is -2.29. The highest BCUT2D eigenvalue weighted by molar-refractivity contribution is 9.11. The van der Waals surface area contributed by atoms with Crippen LogP contribution in [0.2, 0.25) is 0 Å². The van der Waals surface area contributed by atoms with E-state index in [4.69, 9.17) is 9.47 Å². The van der Waals surface area contributed by atoms with Gasteiger partial charge in [-0.2, -0.15) is 0 Å². The third-order valence-electron chi connectivity index (χ3n) is 5.02. The number of aliphatic hydroxyl groups is 2. The summed E-state index contributed by atoms with van der Waals surface area (Å²) in [7, 11) is 0. The van der Waals surface area contributed by atoms with E-state index < -0.39 is 12.6 Å². The lowest BCUT2D eigenvalue weighted by molar-refractivity contribution is -0.0248. The van der Waals surface area contributed by atoms with Crippen molar-refractivity contribution >= 4 is 63.7 Å². The molecule has 2 atom stereocenters. The van der Waals surface area contributed by atoms with E-state index >= 15 is 0 Å². The Balaban J connectivity index is 2.38. The second kappa shape index (κ2) is 11.8. The van der Waals surface area contributed by atoms with Gasteiger partial charge in [-0.25, -0.2) is 0 Å². The monoisotopic (exact) mass is 684 g/mol. The topological polar surface area (TPSA) is 58.9 Å². The van der Waals surface area contributed by atoms with E-state index in [1.165, 1.54) is 0 Å². The maximum Gasteiger partial charge on any atom is 0.197 e. The standard InChI is InChI=1S/C23H28Br4O4/c1-5-7-19(28)30-21-15(24)9-13(10-16(21)25)23(3,4)14-11-17(26)22(18(27)12-14)31-20(29)8-6-2/h9-12,19-20,28-29H,5-8H2,1-4H3. The molecule has 0 aliphatic carbocycles. The lowest BCUT2D eigenvalue weighted by Crippen LogP contribution is -2.21. The third kappa shape index (κ3) is 6.93. The molecule has 0 amide bonds. The van der Waals surface area contributed by atoms with Crippen molar-refractivity contribution in [1.82, 2.24) is 0 Å². The molecule has 172 valence electrons. The predicted molar refractivity (Wildman–Crippen MR) is 139 cm³/mol. The van der Waals surface area contributed by atoms with Crippen LogP contribution in [-0.4, -0.2) is 22.8 Å². The van der Waals surface area contributed by atoms with Crippen LogP contribution in [0.15, 0.2) is 42.2 Å². The first kappa shape index (κ1) is 27.1. The summed E-state index contributed by atoms with van der Waals surface area (Å²) in [5.74, 6) is 1.16. The molecule has 2 aromatic rings. The molecular formula is C23H28Br4O4. The fraction of sp³-hybridized carbons (Fsp3) is 0.478. The van der Waals surface area contributed by atoms with Gasteiger partial charge < -0.3 is 19.7 Å². The van der Waals surface area contributed by atoms with Crippen molar-refractivity contribution in [2.45, 2.75) is 71.4 Å². The molecule has 0 aliphatic heterocycles. The van der Waals surface area contributed by atoms with Gasteiger partial charge >= 0.3 is 0 Å². The average Bonchev–Trinajstić information content (AvgIpc) is 2.67. The Kier molecular flexibility index (Phi) is 10.4. The van der Waals surface area contributed by atoms with Crippen molar-refractivity contribution in [2.24, 2.45) is 0 Å². The molecule has 0 aliphatic rings. The second-order valence-corrected chi connectivity index (χ2v) is 11.3. The van der Waals surface area contributed by atoms with E-state index in [2.05, 4.69) is 77.6 Å². The van der Waals surface area contributed by atoms with Crippen LogP contribution in [0.3, 0.4) is 0 Å². The molecular weight excluding hydrogens is 660 g/mol. The average molecular weight is 688 g/mol. The SMILES string of the molecule is CCCC(O)Oc1c(Br)cc(C(C)(C)c2cc(Br)c(OC(O)CCC)c(Br)c2)cc1Br. The van der Waals surface area contributed by atoms with Gasteiger partial charge in [-0.15, -0.1) is 0 Å². The number of benzene rings is 2. The maximum absolute atomic E-state index is 10.0. The summed E-state index contributed by atoms with van der Waals surface area (Å²) in [5, 5.41) is 20.1. The molecule has 2 N–H and O–H groups in total. The van der Waals surface area contributed by atoms with Crippen LogP contribution in [0.1, 0.15) is 64.5 Å². The van der Waals surface area contributed by atoms with E-state index in [9.17, 15) is 10.2 Å². The zero-order valence-corrected chi connectivity index (χ0v) is 24.4. The first-order valence-electron chi connectivity index (χ1n) is 10.2. The number of aliphatic hydroxyl groups excluding tert-OH is 2. The summed E-state index contributed by atoms with van der Waals surface area (Å²) >= 11 is 14.4. The summed E-state index contributed by atoms with van der Waals surface area (Å²) in [4.78, 5) is 0. The van der Waals surface area contributed by atoms with Gasteiger partial charge in [-0.05, 0) is 99.1 Å². The summed E-state index contributed by atoms with van der Waals surface area (Å²) in [5.41, 5.74) is 1.76. The summed E-state index contributed by atoms with van der Waals surface area (Å²) in [6.45, 7) is 8.27. The van der Waals surface area contributed by atoms with Gasteiger partial charge in [-0.1, -0.05) is 40.5 Å². The Morgan fingerprint density at radius 1 is 0.710 bits per heavy atom. The van der Waals surface area contributed by atoms with E-state index in [0.717, 1.165) is 41.9 Å². The van der Waals surface area contributed by atoms with Gasteiger partial charge in [0.25, 0.3) is 0 Å². The molecule has 0 saturated carbocycles. The molecule has 0 aromatic heterocycles. The minimum atomic E-state index is -0.848. The predicted octanol–water partition coefficient (Wildman–Crippen LogP) is 8.06. The zero-order chi connectivity index (χ0) is 23.3. The highest BCUT2D eigenvalue weighted by Gasteiger charge is 2.28. The van der Waals surface area contributed by atoms with Crippen molar-refractivity contribution in [1.29, 1.82) is 0 Å². The highest BCUT2D eigenvalue weighted by Crippen LogP contribution is 2.44. The Morgan fingerprint density at radius 3 is 1.26 bits per heavy atom. The van der Waals surface area contributed by atoms with Crippen LogP contribution in [-0.2, 0) is 5.41 Å². The van der Waals surface area contributed by atoms with Crippen LogP contribution >= 0.6 is 63.7 Å². The van der Waals surface area contributed by atoms with Crippen LogP contribution in [0.4, 0.5) is 0 Å². The molecule has 2 unspecified atom stereocenters. The van der Waals surface area contributed by atoms with Crippen LogP contribution in [0, 0.1) is 0 Å². The summed E-state index contributed by atoms with van der Waals surface area (Å²) in [6, 6.07) is 8.04. The molecule has 2 rings (SSSR count). The molecule has 0 bridgehead atoms. The molecule has 8 heteroatoms. The van der Waals surface area contributed by atoms with Gasteiger partial charge in [-0.3, -0.25) is 0 Å². The van der Waals surface area contributed by atoms with Crippen LogP contribution in [0.5, 0.6) is 11.5 Å². The van der Waals surface area contributed by atoms with E-state index in [1.54, 1.807) is 0 Å². The Morgan fingerprint density at radius 2 is 1.00 bits per heavy atom. The van der Waals surface area contributed by atoms with Crippen LogP contribution < -0.4 is 9.47 Å². The fourth-order valence-corrected chi connectivity index (χ4v) is 5.86. The Bertz CT molecular complexity index is 784. The van der Waals surface area contributed by atoms with Crippen molar-refractivity contribution in [3.63, 3.8) is 0 Å². The molecule has 0 saturated heterocycles. The molecule has 0 radical (unpaired) electrons. The van der Waals surface area contributed by atoms with Gasteiger partial charge in [0.2, 0.25) is 0 Å². The number of rotatable bonds is 10. The Hall–Kier alpha value is -0.120. The molecule has 2 aromatic carbocycles. The van der Waals surface area contributed by atoms with E-state index in [0.29, 0.717) is 24.3 Å². The normalized spacial score (nSPS) is 13.7. The number of ether oxygens (including phenoxy) is 2. The molecule has 0 spiro atoms. The quantitative estimate of drug-likeness (QED) is 0.248. The minimum Gasteiger partial charge on any atom is -0.463 e. The smallest absolute Gasteiger partial charge is 0.197 e. The largest absolute Gasteiger partial charge is 0.463 e. The van der Waals surface area contributed by atoms with Gasteiger partial charge in [0.15, 0.2) is 24.1 Å². The van der Waals surface area contributed by atoms with Gasteiger partial charge in [0.1, 0.15) is 0 Å². The molecule has 0 heterocycles. The molecule has 4 nitrogen and oxygen atoms in total. The van der Waals surface area contributed by atoms with Crippen LogP contribution in [0.25, 0.3) is 0 Å². The molecule has 0 fully saturated rings. The lowest BCUT2D eigenvalue weighted by atomic mass is 9.78. The van der Waals surface area contributed by atoms with Gasteiger partial charge in [0, 0.05) is 18.3 Å². The number of hydrogen-bond donors (Lipinski definition) is 2. The third-order valence-corrected chi connectivity index (χ3v) is 7.38. The minimum absolute atomic E-state index is 0.350. The zero-order valence-electron chi connectivity index (χ0n) is 18.0. The first-order chi connectivity index (χ1) is 14.5. The van der Waals surface area contributed by atoms with Crippen molar-refractivity contribution in [3.8, 4) is 11.5 Å². The van der Waals surface area contributed by atoms with Crippen molar-refractivity contribution in [3.05, 3.63) is 53.3 Å². The highest BCUT2D eigenvalue weighted by atomic mass is 79.9. The van der Waals surface area contributed by atoms with Crippen molar-refractivity contribution < 1.29 is 19.7 Å². The summed E-state index contributed by atoms with van der Waals surface area (Å²) in [6.07, 6.45) is 1.10. The summed E-state index contributed by atoms with van der Waals surface area (Å²) < 4.78 is 14.5.